The zero-order valence-corrected chi connectivity index (χ0v) is 14.5. The fraction of sp³-hybridized carbons (Fsp3) is 0.316. The highest BCUT2D eigenvalue weighted by molar-refractivity contribution is 6.30. The van der Waals surface area contributed by atoms with E-state index >= 15 is 0 Å². The van der Waals surface area contributed by atoms with E-state index in [4.69, 9.17) is 16.3 Å². The molecule has 1 fully saturated rings. The number of methoxy groups -OCH3 is 1. The van der Waals surface area contributed by atoms with Crippen LogP contribution in [0.5, 0.6) is 5.75 Å². The minimum absolute atomic E-state index is 0.147. The van der Waals surface area contributed by atoms with E-state index in [-0.39, 0.29) is 5.78 Å². The number of nitrogens with zero attached hydrogens (tertiary/aromatic N) is 2. The number of rotatable bonds is 5. The topological polar surface area (TPSA) is 32.8 Å². The van der Waals surface area contributed by atoms with Gasteiger partial charge in [-0.05, 0) is 42.5 Å². The predicted molar refractivity (Wildman–Crippen MR) is 97.4 cm³/mol. The number of Topliss-reactive ketones (excluding diaryl/α,β-unsaturated/α-hetero) is 1. The van der Waals surface area contributed by atoms with Gasteiger partial charge < -0.3 is 9.64 Å². The summed E-state index contributed by atoms with van der Waals surface area (Å²) in [6.07, 6.45) is 0. The van der Waals surface area contributed by atoms with Crippen LogP contribution in [0, 0.1) is 0 Å². The van der Waals surface area contributed by atoms with Crippen molar-refractivity contribution < 1.29 is 9.53 Å². The summed E-state index contributed by atoms with van der Waals surface area (Å²) in [5, 5.41) is 0.754. The highest BCUT2D eigenvalue weighted by Crippen LogP contribution is 2.21. The molecule has 1 aliphatic heterocycles. The van der Waals surface area contributed by atoms with Crippen molar-refractivity contribution in [3.05, 3.63) is 59.1 Å². The van der Waals surface area contributed by atoms with Gasteiger partial charge in [0, 0.05) is 42.5 Å². The zero-order chi connectivity index (χ0) is 16.9. The minimum atomic E-state index is 0.147. The highest BCUT2D eigenvalue weighted by atomic mass is 35.5. The first kappa shape index (κ1) is 16.8. The van der Waals surface area contributed by atoms with Crippen LogP contribution in [0.15, 0.2) is 48.5 Å². The maximum absolute atomic E-state index is 12.4. The minimum Gasteiger partial charge on any atom is -0.497 e. The molecule has 0 spiro atoms. The maximum Gasteiger partial charge on any atom is 0.176 e. The molecule has 0 atom stereocenters. The summed E-state index contributed by atoms with van der Waals surface area (Å²) in [5.74, 6) is 0.913. The average molecular weight is 345 g/mol. The summed E-state index contributed by atoms with van der Waals surface area (Å²) in [5.41, 5.74) is 1.87. The molecule has 0 aromatic heterocycles. The van der Waals surface area contributed by atoms with Gasteiger partial charge in [-0.1, -0.05) is 17.7 Å². The summed E-state index contributed by atoms with van der Waals surface area (Å²) in [6, 6.07) is 15.2. The molecule has 1 aliphatic rings. The standard InChI is InChI=1S/C19H21ClN2O2/c1-24-18-7-5-15(6-8-18)19(23)14-21-9-11-22(12-10-21)17-4-2-3-16(20)13-17/h2-8,13H,9-12,14H2,1H3. The molecular weight excluding hydrogens is 324 g/mol. The van der Waals surface area contributed by atoms with Crippen molar-refractivity contribution in [1.82, 2.24) is 4.90 Å². The summed E-state index contributed by atoms with van der Waals surface area (Å²) in [4.78, 5) is 16.9. The van der Waals surface area contributed by atoms with Gasteiger partial charge in [0.25, 0.3) is 0 Å². The third-order valence-corrected chi connectivity index (χ3v) is 4.56. The van der Waals surface area contributed by atoms with Crippen molar-refractivity contribution in [2.24, 2.45) is 0 Å². The average Bonchev–Trinajstić information content (AvgIpc) is 2.62. The normalized spacial score (nSPS) is 15.3. The number of anilines is 1. The fourth-order valence-corrected chi connectivity index (χ4v) is 3.09. The van der Waals surface area contributed by atoms with Gasteiger partial charge in [-0.15, -0.1) is 0 Å². The first-order chi connectivity index (χ1) is 11.7. The predicted octanol–water partition coefficient (Wildman–Crippen LogP) is 3.35. The quantitative estimate of drug-likeness (QED) is 0.779. The summed E-state index contributed by atoms with van der Waals surface area (Å²) in [6.45, 7) is 3.99. The van der Waals surface area contributed by atoms with E-state index in [9.17, 15) is 4.79 Å². The fourth-order valence-electron chi connectivity index (χ4n) is 2.91. The van der Waals surface area contributed by atoms with Gasteiger partial charge in [0.15, 0.2) is 5.78 Å². The number of carbonyl (C=O) groups is 1. The number of ether oxygens (including phenoxy) is 1. The third kappa shape index (κ3) is 4.08. The smallest absolute Gasteiger partial charge is 0.176 e. The van der Waals surface area contributed by atoms with Crippen molar-refractivity contribution in [1.29, 1.82) is 0 Å². The van der Waals surface area contributed by atoms with E-state index in [0.29, 0.717) is 6.54 Å². The van der Waals surface area contributed by atoms with Crippen molar-refractivity contribution >= 4 is 23.1 Å². The lowest BCUT2D eigenvalue weighted by molar-refractivity contribution is 0.0926. The van der Waals surface area contributed by atoms with E-state index < -0.39 is 0 Å². The van der Waals surface area contributed by atoms with Crippen LogP contribution in [0.4, 0.5) is 5.69 Å². The van der Waals surface area contributed by atoms with Crippen molar-refractivity contribution in [3.63, 3.8) is 0 Å². The highest BCUT2D eigenvalue weighted by Gasteiger charge is 2.20. The molecule has 0 radical (unpaired) electrons. The summed E-state index contributed by atoms with van der Waals surface area (Å²) in [7, 11) is 1.62. The summed E-state index contributed by atoms with van der Waals surface area (Å²) >= 11 is 6.06. The molecule has 1 saturated heterocycles. The summed E-state index contributed by atoms with van der Waals surface area (Å²) < 4.78 is 5.12. The molecule has 24 heavy (non-hydrogen) atoms. The Morgan fingerprint density at radius 2 is 1.79 bits per heavy atom. The van der Waals surface area contributed by atoms with Crippen molar-refractivity contribution in [3.8, 4) is 5.75 Å². The van der Waals surface area contributed by atoms with E-state index in [2.05, 4.69) is 15.9 Å². The molecular formula is C19H21ClN2O2. The van der Waals surface area contributed by atoms with Crippen molar-refractivity contribution in [2.45, 2.75) is 0 Å². The molecule has 5 heteroatoms. The first-order valence-electron chi connectivity index (χ1n) is 8.06. The van der Waals surface area contributed by atoms with Gasteiger partial charge in [-0.3, -0.25) is 9.69 Å². The van der Waals surface area contributed by atoms with Crippen LogP contribution < -0.4 is 9.64 Å². The molecule has 0 saturated carbocycles. The Labute approximate surface area is 147 Å². The van der Waals surface area contributed by atoms with E-state index in [1.807, 2.05) is 42.5 Å². The first-order valence-corrected chi connectivity index (χ1v) is 8.43. The lowest BCUT2D eigenvalue weighted by Crippen LogP contribution is -2.48. The number of piperazine rings is 1. The Hall–Kier alpha value is -2.04. The largest absolute Gasteiger partial charge is 0.497 e. The Morgan fingerprint density at radius 3 is 2.42 bits per heavy atom. The Kier molecular flexibility index (Phi) is 5.38. The van der Waals surface area contributed by atoms with Crippen LogP contribution in [0.3, 0.4) is 0 Å². The number of hydrogen-bond donors (Lipinski definition) is 0. The van der Waals surface area contributed by atoms with Crippen LogP contribution in [-0.4, -0.2) is 50.5 Å². The van der Waals surface area contributed by atoms with Crippen LogP contribution in [0.25, 0.3) is 0 Å². The van der Waals surface area contributed by atoms with Gasteiger partial charge in [0.05, 0.1) is 13.7 Å². The number of halogens is 1. The molecule has 0 amide bonds. The lowest BCUT2D eigenvalue weighted by atomic mass is 10.1. The lowest BCUT2D eigenvalue weighted by Gasteiger charge is -2.35. The molecule has 0 bridgehead atoms. The SMILES string of the molecule is COc1ccc(C(=O)CN2CCN(c3cccc(Cl)c3)CC2)cc1. The number of benzene rings is 2. The Morgan fingerprint density at radius 1 is 1.08 bits per heavy atom. The van der Waals surface area contributed by atoms with Crippen LogP contribution in [-0.2, 0) is 0 Å². The molecule has 0 N–H and O–H groups in total. The van der Waals surface area contributed by atoms with Crippen LogP contribution in [0.2, 0.25) is 5.02 Å². The van der Waals surface area contributed by atoms with E-state index in [1.165, 1.54) is 0 Å². The van der Waals surface area contributed by atoms with Gasteiger partial charge >= 0.3 is 0 Å². The van der Waals surface area contributed by atoms with Gasteiger partial charge in [0.1, 0.15) is 5.75 Å². The second-order valence-corrected chi connectivity index (χ2v) is 6.33. The van der Waals surface area contributed by atoms with E-state index in [1.54, 1.807) is 7.11 Å². The van der Waals surface area contributed by atoms with Gasteiger partial charge in [0.2, 0.25) is 0 Å². The molecule has 2 aromatic carbocycles. The molecule has 0 aliphatic carbocycles. The zero-order valence-electron chi connectivity index (χ0n) is 13.7. The van der Waals surface area contributed by atoms with Gasteiger partial charge in [-0.2, -0.15) is 0 Å². The molecule has 3 rings (SSSR count). The Bertz CT molecular complexity index is 695. The monoisotopic (exact) mass is 344 g/mol. The van der Waals surface area contributed by atoms with Crippen LogP contribution in [0.1, 0.15) is 10.4 Å². The van der Waals surface area contributed by atoms with Crippen molar-refractivity contribution in [2.75, 3.05) is 44.7 Å². The molecule has 2 aromatic rings. The second kappa shape index (κ2) is 7.69. The van der Waals surface area contributed by atoms with Crippen LogP contribution >= 0.6 is 11.6 Å². The number of ketones is 1. The molecule has 0 unspecified atom stereocenters. The second-order valence-electron chi connectivity index (χ2n) is 5.89. The van der Waals surface area contributed by atoms with E-state index in [0.717, 1.165) is 48.2 Å². The maximum atomic E-state index is 12.4. The Balaban J connectivity index is 1.54. The molecule has 4 nitrogen and oxygen atoms in total. The third-order valence-electron chi connectivity index (χ3n) is 4.32. The van der Waals surface area contributed by atoms with Gasteiger partial charge in [-0.25, -0.2) is 0 Å². The molecule has 126 valence electrons. The molecule has 1 heterocycles. The number of hydrogen-bond acceptors (Lipinski definition) is 4. The number of carbonyl (C=O) groups excluding carboxylic acids is 1.